The summed E-state index contributed by atoms with van der Waals surface area (Å²) in [4.78, 5) is 39.8. The number of hydrogen-bond donors (Lipinski definition) is 2. The number of benzene rings is 2. The number of halogens is 1. The molecule has 0 spiro atoms. The van der Waals surface area contributed by atoms with Crippen molar-refractivity contribution in [3.05, 3.63) is 64.5 Å². The van der Waals surface area contributed by atoms with E-state index in [-0.39, 0.29) is 31.5 Å². The minimum Gasteiger partial charge on any atom is -0.381 e. The normalized spacial score (nSPS) is 24.8. The number of rotatable bonds is 6. The summed E-state index contributed by atoms with van der Waals surface area (Å²) in [5.74, 6) is -2.32. The van der Waals surface area contributed by atoms with Gasteiger partial charge in [0, 0.05) is 64.2 Å². The van der Waals surface area contributed by atoms with Crippen molar-refractivity contribution in [3.8, 4) is 0 Å². The van der Waals surface area contributed by atoms with Gasteiger partial charge in [0.2, 0.25) is 11.8 Å². The first-order valence-electron chi connectivity index (χ1n) is 12.7. The fourth-order valence-corrected chi connectivity index (χ4v) is 4.39. The van der Waals surface area contributed by atoms with E-state index in [2.05, 4.69) is 10.6 Å². The third kappa shape index (κ3) is 4.53. The Morgan fingerprint density at radius 2 is 2.03 bits per heavy atom. The van der Waals surface area contributed by atoms with Crippen molar-refractivity contribution in [2.24, 2.45) is 0 Å². The number of fused-ring (bicyclic) bond motifs is 1. The van der Waals surface area contributed by atoms with Gasteiger partial charge in [0.15, 0.2) is 0 Å². The van der Waals surface area contributed by atoms with Gasteiger partial charge in [0.1, 0.15) is 11.8 Å². The molecule has 0 aromatic heterocycles. The fraction of sp³-hybridized carbons (Fsp3) is 0.400. The van der Waals surface area contributed by atoms with Crippen LogP contribution in [-0.2, 0) is 33.9 Å². The van der Waals surface area contributed by atoms with Crippen LogP contribution in [0.15, 0.2) is 36.4 Å². The maximum atomic E-state index is 15.0. The van der Waals surface area contributed by atoms with Gasteiger partial charge in [0.05, 0.1) is 14.6 Å². The number of nitrogens with zero attached hydrogens (tertiary/aromatic N) is 2. The average Bonchev–Trinajstić information content (AvgIpc) is 3.24. The molecule has 2 fully saturated rings. The molecule has 1 atom stereocenters. The Labute approximate surface area is 201 Å². The lowest BCUT2D eigenvalue weighted by Gasteiger charge is -2.29. The van der Waals surface area contributed by atoms with E-state index in [0.717, 1.165) is 4.90 Å². The third-order valence-electron chi connectivity index (χ3n) is 6.22. The zero-order chi connectivity index (χ0) is 26.4. The highest BCUT2D eigenvalue weighted by Gasteiger charge is 2.39. The van der Waals surface area contributed by atoms with E-state index in [4.69, 9.17) is 8.85 Å². The van der Waals surface area contributed by atoms with Crippen LogP contribution < -0.4 is 10.6 Å². The van der Waals surface area contributed by atoms with E-state index in [1.165, 1.54) is 6.07 Å². The van der Waals surface area contributed by atoms with Crippen LogP contribution in [0.2, 0.25) is 0 Å². The summed E-state index contributed by atoms with van der Waals surface area (Å²) in [6.45, 7) is -0.0511. The Morgan fingerprint density at radius 3 is 2.79 bits per heavy atom. The van der Waals surface area contributed by atoms with Crippen molar-refractivity contribution in [1.82, 2.24) is 15.1 Å². The fourth-order valence-electron chi connectivity index (χ4n) is 4.39. The minimum atomic E-state index is -1.89. The topological polar surface area (TPSA) is 91.0 Å². The van der Waals surface area contributed by atoms with Crippen LogP contribution in [0.3, 0.4) is 0 Å². The van der Waals surface area contributed by atoms with Crippen molar-refractivity contribution in [2.45, 2.75) is 38.4 Å². The second-order valence-electron chi connectivity index (χ2n) is 8.42. The summed E-state index contributed by atoms with van der Waals surface area (Å²) >= 11 is 0. The van der Waals surface area contributed by atoms with Gasteiger partial charge in [0.25, 0.3) is 5.91 Å². The molecule has 0 saturated carbocycles. The van der Waals surface area contributed by atoms with Crippen molar-refractivity contribution in [2.75, 3.05) is 31.6 Å². The van der Waals surface area contributed by atoms with E-state index >= 15 is 4.39 Å². The molecule has 2 saturated heterocycles. The highest BCUT2D eigenvalue weighted by molar-refractivity contribution is 6.06. The Kier molecular flexibility index (Phi) is 5.33. The van der Waals surface area contributed by atoms with E-state index in [1.807, 2.05) is 0 Å². The maximum absolute atomic E-state index is 15.0. The molecule has 5 rings (SSSR count). The maximum Gasteiger partial charge on any atom is 0.255 e. The van der Waals surface area contributed by atoms with Crippen molar-refractivity contribution in [1.29, 1.82) is 0 Å². The number of imide groups is 1. The molecule has 34 heavy (non-hydrogen) atoms. The standard InChI is InChI=1S/C25H27FN4O4/c26-20-12-16(14-29-8-10-34-11-9-29)4-5-17(20)13-27-21-3-1-2-18-19(21)15-30(25(18)33)22-6-7-23(31)28-24(22)32/h1-5,12,22,27H,6-11,13-15H2,(H,28,31,32)/t22-/m1/s1/i14D2,22D. The molecule has 0 unspecified atom stereocenters. The van der Waals surface area contributed by atoms with Gasteiger partial charge in [-0.2, -0.15) is 0 Å². The van der Waals surface area contributed by atoms with Crippen LogP contribution in [0.4, 0.5) is 10.1 Å². The van der Waals surface area contributed by atoms with Gasteiger partial charge in [-0.05, 0) is 30.2 Å². The largest absolute Gasteiger partial charge is 0.381 e. The molecule has 0 radical (unpaired) electrons. The van der Waals surface area contributed by atoms with Gasteiger partial charge in [-0.15, -0.1) is 0 Å². The van der Waals surface area contributed by atoms with E-state index in [1.54, 1.807) is 35.2 Å². The number of nitrogens with one attached hydrogen (secondary N) is 2. The van der Waals surface area contributed by atoms with Crippen molar-refractivity contribution < 1.29 is 27.6 Å². The van der Waals surface area contributed by atoms with Gasteiger partial charge >= 0.3 is 0 Å². The third-order valence-corrected chi connectivity index (χ3v) is 6.22. The van der Waals surface area contributed by atoms with Gasteiger partial charge in [-0.3, -0.25) is 24.6 Å². The van der Waals surface area contributed by atoms with E-state index in [0.29, 0.717) is 48.7 Å². The summed E-state index contributed by atoms with van der Waals surface area (Å²) in [6.07, 6.45) is -0.116. The summed E-state index contributed by atoms with van der Waals surface area (Å²) in [5.41, 5.74) is 2.04. The zero-order valence-electron chi connectivity index (χ0n) is 21.5. The van der Waals surface area contributed by atoms with Gasteiger partial charge in [-0.1, -0.05) is 18.2 Å². The first-order chi connectivity index (χ1) is 17.6. The van der Waals surface area contributed by atoms with Crippen LogP contribution >= 0.6 is 0 Å². The number of carbonyl (C=O) groups excluding carboxylic acids is 3. The monoisotopic (exact) mass is 469 g/mol. The molecule has 9 heteroatoms. The molecule has 3 amide bonds. The lowest BCUT2D eigenvalue weighted by Crippen LogP contribution is -2.52. The summed E-state index contributed by atoms with van der Waals surface area (Å²) in [6, 6.07) is 7.45. The van der Waals surface area contributed by atoms with Crippen molar-refractivity contribution in [3.63, 3.8) is 0 Å². The summed E-state index contributed by atoms with van der Waals surface area (Å²) in [7, 11) is 0. The number of hydrogen-bond acceptors (Lipinski definition) is 6. The molecule has 2 aromatic carbocycles. The lowest BCUT2D eigenvalue weighted by atomic mass is 10.0. The molecule has 0 aliphatic carbocycles. The molecule has 2 N–H and O–H groups in total. The Hall–Kier alpha value is -3.30. The predicted octanol–water partition coefficient (Wildman–Crippen LogP) is 2.03. The number of ether oxygens (including phenoxy) is 1. The highest BCUT2D eigenvalue weighted by Crippen LogP contribution is 2.32. The Bertz CT molecular complexity index is 1270. The molecule has 8 nitrogen and oxygen atoms in total. The Morgan fingerprint density at radius 1 is 1.21 bits per heavy atom. The van der Waals surface area contributed by atoms with Crippen molar-refractivity contribution >= 4 is 23.4 Å². The minimum absolute atomic E-state index is 0.00360. The molecule has 178 valence electrons. The number of morpholine rings is 1. The van der Waals surface area contributed by atoms with Crippen LogP contribution in [0, 0.1) is 5.82 Å². The zero-order valence-corrected chi connectivity index (χ0v) is 18.5. The molecule has 3 aliphatic rings. The van der Waals surface area contributed by atoms with Gasteiger partial charge in [-0.25, -0.2) is 4.39 Å². The predicted molar refractivity (Wildman–Crippen MR) is 122 cm³/mol. The number of piperidine rings is 1. The summed E-state index contributed by atoms with van der Waals surface area (Å²) in [5, 5.41) is 5.29. The molecule has 3 heterocycles. The first-order valence-corrected chi connectivity index (χ1v) is 11.2. The van der Waals surface area contributed by atoms with Crippen LogP contribution in [0.5, 0.6) is 0 Å². The molecular weight excluding hydrogens is 439 g/mol. The number of amides is 3. The SMILES string of the molecule is [2H]C([2H])(c1ccc(CNc2cccc3c2CN([C@]2([2H])CCC(=O)NC2=O)C3=O)c(F)c1)N1CCOCC1. The smallest absolute Gasteiger partial charge is 0.255 e. The first kappa shape index (κ1) is 19.1. The quantitative estimate of drug-likeness (QED) is 0.630. The van der Waals surface area contributed by atoms with Crippen LogP contribution in [-0.4, -0.2) is 59.8 Å². The Balaban J connectivity index is 1.32. The van der Waals surface area contributed by atoms with E-state index < -0.39 is 36.1 Å². The van der Waals surface area contributed by atoms with E-state index in [9.17, 15) is 14.4 Å². The molecule has 2 aromatic rings. The number of anilines is 1. The molecule has 3 aliphatic heterocycles. The second-order valence-corrected chi connectivity index (χ2v) is 8.42. The van der Waals surface area contributed by atoms with Gasteiger partial charge < -0.3 is 15.0 Å². The van der Waals surface area contributed by atoms with Crippen LogP contribution in [0.25, 0.3) is 0 Å². The molecular formula is C25H27FN4O4. The average molecular weight is 470 g/mol. The molecule has 0 bridgehead atoms. The van der Waals surface area contributed by atoms with Crippen LogP contribution in [0.1, 0.15) is 44.0 Å². The lowest BCUT2D eigenvalue weighted by molar-refractivity contribution is -0.136. The number of carbonyl (C=O) groups is 3. The second kappa shape index (κ2) is 9.52. The summed E-state index contributed by atoms with van der Waals surface area (Å²) < 4.78 is 45.9. The highest BCUT2D eigenvalue weighted by atomic mass is 19.1.